The zero-order valence-electron chi connectivity index (χ0n) is 17.5. The molecule has 1 aromatic heterocycles. The maximum Gasteiger partial charge on any atom is 0.410 e. The Balaban J connectivity index is 2.11. The second-order valence-electron chi connectivity index (χ2n) is 7.91. The number of carbonyl (C=O) groups is 2. The first kappa shape index (κ1) is 22.3. The van der Waals surface area contributed by atoms with E-state index in [1.165, 1.54) is 12.0 Å². The summed E-state index contributed by atoms with van der Waals surface area (Å²) in [5.41, 5.74) is 5.82. The quantitative estimate of drug-likeness (QED) is 0.806. The molecule has 1 saturated heterocycles. The Morgan fingerprint density at radius 2 is 2.00 bits per heavy atom. The number of nitrogens with two attached hydrogens (primary N) is 1. The summed E-state index contributed by atoms with van der Waals surface area (Å²) in [7, 11) is 1.52. The number of likely N-dealkylation sites (tertiary alicyclic amines) is 1. The van der Waals surface area contributed by atoms with Gasteiger partial charge in [-0.15, -0.1) is 0 Å². The molecule has 0 spiro atoms. The lowest BCUT2D eigenvalue weighted by Gasteiger charge is -2.34. The summed E-state index contributed by atoms with van der Waals surface area (Å²) in [4.78, 5) is 31.3. The number of hydrogen-bond donors (Lipinski definition) is 1. The summed E-state index contributed by atoms with van der Waals surface area (Å²) in [6.45, 7) is 6.88. The van der Waals surface area contributed by atoms with Crippen LogP contribution < -0.4 is 15.4 Å². The van der Waals surface area contributed by atoms with Crippen LogP contribution in [0.3, 0.4) is 0 Å². The van der Waals surface area contributed by atoms with Gasteiger partial charge in [-0.1, -0.05) is 0 Å². The molecule has 0 saturated carbocycles. The van der Waals surface area contributed by atoms with Gasteiger partial charge in [-0.25, -0.2) is 9.59 Å². The lowest BCUT2D eigenvalue weighted by atomic mass is 9.90. The van der Waals surface area contributed by atoms with E-state index in [0.29, 0.717) is 24.8 Å². The van der Waals surface area contributed by atoms with Crippen molar-refractivity contribution in [3.8, 4) is 11.9 Å². The minimum atomic E-state index is -0.673. The molecule has 0 unspecified atom stereocenters. The number of nitriles is 1. The van der Waals surface area contributed by atoms with E-state index in [1.807, 2.05) is 32.9 Å². The number of aromatic nitrogens is 1. The number of methoxy groups -OCH3 is 1. The third kappa shape index (κ3) is 5.98. The van der Waals surface area contributed by atoms with Crippen LogP contribution in [-0.2, 0) is 4.74 Å². The van der Waals surface area contributed by atoms with Gasteiger partial charge in [0.2, 0.25) is 5.88 Å². The van der Waals surface area contributed by atoms with Crippen molar-refractivity contribution in [1.82, 2.24) is 9.88 Å². The highest BCUT2D eigenvalue weighted by Crippen LogP contribution is 2.35. The van der Waals surface area contributed by atoms with Crippen molar-refractivity contribution in [2.24, 2.45) is 5.73 Å². The number of carbonyl (C=O) groups excluding carboxylic acids is 2. The van der Waals surface area contributed by atoms with Crippen molar-refractivity contribution in [2.45, 2.75) is 51.6 Å². The van der Waals surface area contributed by atoms with Gasteiger partial charge in [0, 0.05) is 25.2 Å². The van der Waals surface area contributed by atoms with Crippen molar-refractivity contribution in [3.05, 3.63) is 17.7 Å². The average Bonchev–Trinajstić information content (AvgIpc) is 2.66. The summed E-state index contributed by atoms with van der Waals surface area (Å²) >= 11 is 0. The van der Waals surface area contributed by atoms with Gasteiger partial charge in [0.1, 0.15) is 11.4 Å². The van der Waals surface area contributed by atoms with Crippen LogP contribution in [0.25, 0.3) is 0 Å². The molecule has 1 aliphatic rings. The van der Waals surface area contributed by atoms with Gasteiger partial charge in [-0.05, 0) is 51.7 Å². The molecule has 2 heterocycles. The van der Waals surface area contributed by atoms with E-state index in [4.69, 9.17) is 20.5 Å². The molecular formula is C20H29N5O4. The Kier molecular flexibility index (Phi) is 7.26. The average molecular weight is 403 g/mol. The molecule has 0 radical (unpaired) electrons. The van der Waals surface area contributed by atoms with Crippen LogP contribution in [0.15, 0.2) is 12.1 Å². The molecule has 0 atom stereocenters. The SMILES string of the molecule is COc1nc(N(CCC#N)C(N)=O)ccc1C1CCN(C(=O)OC(C)(C)C)CC1. The highest BCUT2D eigenvalue weighted by atomic mass is 16.6. The number of anilines is 1. The van der Waals surface area contributed by atoms with Crippen molar-refractivity contribution in [3.63, 3.8) is 0 Å². The molecule has 1 fully saturated rings. The first-order valence-corrected chi connectivity index (χ1v) is 9.63. The molecule has 0 bridgehead atoms. The van der Waals surface area contributed by atoms with Gasteiger partial charge in [-0.3, -0.25) is 4.90 Å². The number of ether oxygens (including phenoxy) is 2. The van der Waals surface area contributed by atoms with Crippen LogP contribution in [0.1, 0.15) is 51.5 Å². The minimum absolute atomic E-state index is 0.151. The molecule has 2 N–H and O–H groups in total. The van der Waals surface area contributed by atoms with Crippen LogP contribution in [0, 0.1) is 11.3 Å². The van der Waals surface area contributed by atoms with E-state index in [1.54, 1.807) is 11.0 Å². The lowest BCUT2D eigenvalue weighted by Crippen LogP contribution is -2.41. The monoisotopic (exact) mass is 403 g/mol. The van der Waals surface area contributed by atoms with E-state index >= 15 is 0 Å². The van der Waals surface area contributed by atoms with Crippen LogP contribution in [0.2, 0.25) is 0 Å². The van der Waals surface area contributed by atoms with Crippen molar-refractivity contribution < 1.29 is 19.1 Å². The molecule has 29 heavy (non-hydrogen) atoms. The Morgan fingerprint density at radius 1 is 1.34 bits per heavy atom. The Labute approximate surface area is 171 Å². The highest BCUT2D eigenvalue weighted by molar-refractivity contribution is 5.89. The highest BCUT2D eigenvalue weighted by Gasteiger charge is 2.29. The van der Waals surface area contributed by atoms with Crippen LogP contribution in [0.5, 0.6) is 5.88 Å². The zero-order valence-corrected chi connectivity index (χ0v) is 17.5. The van der Waals surface area contributed by atoms with Crippen molar-refractivity contribution >= 4 is 17.9 Å². The lowest BCUT2D eigenvalue weighted by molar-refractivity contribution is 0.0204. The molecule has 0 aliphatic carbocycles. The Morgan fingerprint density at radius 3 is 2.52 bits per heavy atom. The number of hydrogen-bond acceptors (Lipinski definition) is 6. The normalized spacial score (nSPS) is 14.8. The summed E-state index contributed by atoms with van der Waals surface area (Å²) < 4.78 is 10.9. The van der Waals surface area contributed by atoms with Gasteiger partial charge in [-0.2, -0.15) is 10.2 Å². The molecular weight excluding hydrogens is 374 g/mol. The molecule has 9 heteroatoms. The molecule has 0 aromatic carbocycles. The second kappa shape index (κ2) is 9.45. The van der Waals surface area contributed by atoms with Crippen LogP contribution in [0.4, 0.5) is 15.4 Å². The van der Waals surface area contributed by atoms with Gasteiger partial charge in [0.25, 0.3) is 0 Å². The van der Waals surface area contributed by atoms with Crippen molar-refractivity contribution in [2.75, 3.05) is 31.6 Å². The van der Waals surface area contributed by atoms with Gasteiger partial charge in [0.05, 0.1) is 19.6 Å². The molecule has 9 nitrogen and oxygen atoms in total. The number of urea groups is 1. The Bertz CT molecular complexity index is 776. The smallest absolute Gasteiger partial charge is 0.410 e. The predicted molar refractivity (Wildman–Crippen MR) is 108 cm³/mol. The maximum absolute atomic E-state index is 12.2. The Hall–Kier alpha value is -3.02. The fourth-order valence-corrected chi connectivity index (χ4v) is 3.26. The summed E-state index contributed by atoms with van der Waals surface area (Å²) in [6.07, 6.45) is 1.36. The third-order valence-electron chi connectivity index (χ3n) is 4.64. The second-order valence-corrected chi connectivity index (χ2v) is 7.91. The first-order valence-electron chi connectivity index (χ1n) is 9.63. The van der Waals surface area contributed by atoms with Gasteiger partial charge in [0.15, 0.2) is 0 Å². The fourth-order valence-electron chi connectivity index (χ4n) is 3.26. The van der Waals surface area contributed by atoms with E-state index in [2.05, 4.69) is 4.98 Å². The maximum atomic E-state index is 12.2. The first-order chi connectivity index (χ1) is 13.7. The largest absolute Gasteiger partial charge is 0.481 e. The molecule has 2 rings (SSSR count). The number of amides is 3. The summed E-state index contributed by atoms with van der Waals surface area (Å²) in [5, 5.41) is 8.77. The summed E-state index contributed by atoms with van der Waals surface area (Å²) in [6, 6.07) is 4.90. The minimum Gasteiger partial charge on any atom is -0.481 e. The molecule has 158 valence electrons. The molecule has 3 amide bonds. The fraction of sp³-hybridized carbons (Fsp3) is 0.600. The topological polar surface area (TPSA) is 122 Å². The van der Waals surface area contributed by atoms with Crippen molar-refractivity contribution in [1.29, 1.82) is 5.26 Å². The number of rotatable bonds is 5. The van der Waals surface area contributed by atoms with Crippen LogP contribution in [-0.4, -0.2) is 54.4 Å². The number of pyridine rings is 1. The van der Waals surface area contributed by atoms with E-state index in [9.17, 15) is 9.59 Å². The number of nitrogens with zero attached hydrogens (tertiary/aromatic N) is 4. The predicted octanol–water partition coefficient (Wildman–Crippen LogP) is 3.00. The van der Waals surface area contributed by atoms with Crippen LogP contribution >= 0.6 is 0 Å². The molecule has 1 aromatic rings. The number of primary amides is 1. The van der Waals surface area contributed by atoms with E-state index < -0.39 is 11.6 Å². The standard InChI is InChI=1S/C20H29N5O4/c1-20(2,3)29-19(27)24-12-8-14(9-13-24)15-6-7-16(23-17(15)28-4)25(18(22)26)11-5-10-21/h6-7,14H,5,8-9,11-13H2,1-4H3,(H2,22,26). The van der Waals surface area contributed by atoms with E-state index in [0.717, 1.165) is 18.4 Å². The molecule has 1 aliphatic heterocycles. The van der Waals surface area contributed by atoms with Gasteiger partial charge < -0.3 is 20.1 Å². The van der Waals surface area contributed by atoms with Gasteiger partial charge >= 0.3 is 12.1 Å². The number of piperidine rings is 1. The third-order valence-corrected chi connectivity index (χ3v) is 4.64. The van der Waals surface area contributed by atoms with E-state index in [-0.39, 0.29) is 25.0 Å². The summed E-state index contributed by atoms with van der Waals surface area (Å²) in [5.74, 6) is 0.937. The zero-order chi connectivity index (χ0) is 21.6.